The standard InChI is InChI=1S/C13H8Br2N2O4/c14-7-1-4-11(10(15)5-7)16-12-6-8(17(20)21)2-3-9(12)13(18)19/h1-6,16H,(H,18,19). The molecule has 0 atom stereocenters. The predicted molar refractivity (Wildman–Crippen MR) is 85.2 cm³/mol. The molecule has 8 heteroatoms. The van der Waals surface area contributed by atoms with Crippen molar-refractivity contribution in [1.82, 2.24) is 0 Å². The van der Waals surface area contributed by atoms with Gasteiger partial charge < -0.3 is 10.4 Å². The lowest BCUT2D eigenvalue weighted by Crippen LogP contribution is -2.04. The largest absolute Gasteiger partial charge is 0.478 e. The van der Waals surface area contributed by atoms with Gasteiger partial charge in [-0.05, 0) is 40.2 Å². The van der Waals surface area contributed by atoms with E-state index in [0.717, 1.165) is 10.5 Å². The smallest absolute Gasteiger partial charge is 0.337 e. The molecule has 2 aromatic rings. The van der Waals surface area contributed by atoms with Gasteiger partial charge in [0.1, 0.15) is 0 Å². The molecule has 108 valence electrons. The first-order valence-corrected chi connectivity index (χ1v) is 7.21. The van der Waals surface area contributed by atoms with Crippen LogP contribution in [-0.2, 0) is 0 Å². The Labute approximate surface area is 136 Å². The fourth-order valence-corrected chi connectivity index (χ4v) is 2.82. The average Bonchev–Trinajstić information content (AvgIpc) is 2.41. The zero-order valence-electron chi connectivity index (χ0n) is 10.3. The summed E-state index contributed by atoms with van der Waals surface area (Å²) in [5.41, 5.74) is 0.520. The maximum absolute atomic E-state index is 11.2. The van der Waals surface area contributed by atoms with Crippen LogP contribution in [-0.4, -0.2) is 16.0 Å². The molecule has 0 aliphatic rings. The molecule has 2 rings (SSSR count). The molecule has 0 saturated carbocycles. The number of hydrogen-bond acceptors (Lipinski definition) is 4. The highest BCUT2D eigenvalue weighted by Crippen LogP contribution is 2.31. The minimum Gasteiger partial charge on any atom is -0.478 e. The summed E-state index contributed by atoms with van der Waals surface area (Å²) in [7, 11) is 0. The number of nitro groups is 1. The molecule has 0 fully saturated rings. The van der Waals surface area contributed by atoms with Crippen LogP contribution in [0.2, 0.25) is 0 Å². The summed E-state index contributed by atoms with van der Waals surface area (Å²) >= 11 is 6.65. The lowest BCUT2D eigenvalue weighted by atomic mass is 10.1. The molecule has 0 saturated heterocycles. The van der Waals surface area contributed by atoms with Gasteiger partial charge in [0.2, 0.25) is 0 Å². The maximum atomic E-state index is 11.2. The second kappa shape index (κ2) is 6.23. The molecule has 0 heterocycles. The second-order valence-electron chi connectivity index (χ2n) is 4.04. The number of nitrogens with one attached hydrogen (secondary N) is 1. The van der Waals surface area contributed by atoms with E-state index >= 15 is 0 Å². The normalized spacial score (nSPS) is 10.2. The molecule has 0 aliphatic carbocycles. The quantitative estimate of drug-likeness (QED) is 0.563. The number of carboxylic acid groups (broad SMARTS) is 1. The Balaban J connectivity index is 2.48. The number of carboxylic acids is 1. The summed E-state index contributed by atoms with van der Waals surface area (Å²) in [6.45, 7) is 0. The van der Waals surface area contributed by atoms with Gasteiger partial charge in [-0.3, -0.25) is 10.1 Å². The Hall–Kier alpha value is -1.93. The average molecular weight is 416 g/mol. The number of aromatic carboxylic acids is 1. The van der Waals surface area contributed by atoms with Crippen molar-refractivity contribution in [2.75, 3.05) is 5.32 Å². The predicted octanol–water partition coefficient (Wildman–Crippen LogP) is 4.56. The molecule has 0 aliphatic heterocycles. The number of carbonyl (C=O) groups is 1. The zero-order chi connectivity index (χ0) is 15.6. The molecule has 0 unspecified atom stereocenters. The zero-order valence-corrected chi connectivity index (χ0v) is 13.5. The minimum absolute atomic E-state index is 0.0459. The Kier molecular flexibility index (Phi) is 4.59. The van der Waals surface area contributed by atoms with Crippen LogP contribution in [0.5, 0.6) is 0 Å². The molecule has 2 N–H and O–H groups in total. The third-order valence-corrected chi connectivity index (χ3v) is 3.79. The van der Waals surface area contributed by atoms with Crippen molar-refractivity contribution in [2.45, 2.75) is 0 Å². The minimum atomic E-state index is -1.17. The van der Waals surface area contributed by atoms with Crippen molar-refractivity contribution >= 4 is 54.9 Å². The molecular formula is C13H8Br2N2O4. The molecule has 0 spiro atoms. The number of anilines is 2. The van der Waals surface area contributed by atoms with Gasteiger partial charge in [0.15, 0.2) is 0 Å². The lowest BCUT2D eigenvalue weighted by molar-refractivity contribution is -0.384. The third kappa shape index (κ3) is 3.59. The molecule has 2 aromatic carbocycles. The summed E-state index contributed by atoms with van der Waals surface area (Å²) < 4.78 is 1.54. The van der Waals surface area contributed by atoms with Gasteiger partial charge in [-0.2, -0.15) is 0 Å². The summed E-state index contributed by atoms with van der Waals surface area (Å²) in [6.07, 6.45) is 0. The highest BCUT2D eigenvalue weighted by Gasteiger charge is 2.16. The van der Waals surface area contributed by atoms with Crippen LogP contribution in [0.15, 0.2) is 45.3 Å². The van der Waals surface area contributed by atoms with Crippen molar-refractivity contribution < 1.29 is 14.8 Å². The van der Waals surface area contributed by atoms with E-state index in [1.165, 1.54) is 12.1 Å². The van der Waals surface area contributed by atoms with Gasteiger partial charge in [-0.1, -0.05) is 15.9 Å². The first-order chi connectivity index (χ1) is 9.88. The van der Waals surface area contributed by atoms with Crippen LogP contribution < -0.4 is 5.32 Å². The molecule has 0 bridgehead atoms. The molecular weight excluding hydrogens is 408 g/mol. The summed E-state index contributed by atoms with van der Waals surface area (Å²) in [5.74, 6) is -1.17. The number of hydrogen-bond donors (Lipinski definition) is 2. The van der Waals surface area contributed by atoms with E-state index < -0.39 is 10.9 Å². The van der Waals surface area contributed by atoms with Gasteiger partial charge in [0.05, 0.1) is 21.9 Å². The van der Waals surface area contributed by atoms with E-state index in [9.17, 15) is 14.9 Å². The highest BCUT2D eigenvalue weighted by atomic mass is 79.9. The highest BCUT2D eigenvalue weighted by molar-refractivity contribution is 9.11. The molecule has 0 radical (unpaired) electrons. The van der Waals surface area contributed by atoms with Crippen LogP contribution in [0.3, 0.4) is 0 Å². The summed E-state index contributed by atoms with van der Waals surface area (Å²) in [4.78, 5) is 21.4. The molecule has 6 nitrogen and oxygen atoms in total. The van der Waals surface area contributed by atoms with Crippen LogP contribution in [0, 0.1) is 10.1 Å². The fraction of sp³-hybridized carbons (Fsp3) is 0. The number of non-ortho nitro benzene ring substituents is 1. The Morgan fingerprint density at radius 1 is 1.14 bits per heavy atom. The first-order valence-electron chi connectivity index (χ1n) is 5.62. The van der Waals surface area contributed by atoms with Crippen molar-refractivity contribution in [3.63, 3.8) is 0 Å². The molecule has 0 aromatic heterocycles. The van der Waals surface area contributed by atoms with E-state index in [4.69, 9.17) is 5.11 Å². The van der Waals surface area contributed by atoms with Crippen molar-refractivity contribution in [2.24, 2.45) is 0 Å². The fourth-order valence-electron chi connectivity index (χ4n) is 1.67. The van der Waals surface area contributed by atoms with Gasteiger partial charge in [-0.15, -0.1) is 0 Å². The van der Waals surface area contributed by atoms with E-state index in [1.54, 1.807) is 18.2 Å². The van der Waals surface area contributed by atoms with Gasteiger partial charge in [0.25, 0.3) is 5.69 Å². The van der Waals surface area contributed by atoms with Crippen LogP contribution in [0.4, 0.5) is 17.1 Å². The maximum Gasteiger partial charge on any atom is 0.337 e. The van der Waals surface area contributed by atoms with Gasteiger partial charge in [-0.25, -0.2) is 4.79 Å². The summed E-state index contributed by atoms with van der Waals surface area (Å²) in [6, 6.07) is 8.82. The topological polar surface area (TPSA) is 92.5 Å². The number of halogens is 2. The van der Waals surface area contributed by atoms with Crippen LogP contribution in [0.25, 0.3) is 0 Å². The Bertz CT molecular complexity index is 734. The van der Waals surface area contributed by atoms with E-state index in [-0.39, 0.29) is 16.9 Å². The number of benzene rings is 2. The van der Waals surface area contributed by atoms with Crippen molar-refractivity contribution in [3.05, 3.63) is 61.0 Å². The van der Waals surface area contributed by atoms with Crippen LogP contribution in [0.1, 0.15) is 10.4 Å². The SMILES string of the molecule is O=C(O)c1ccc([N+](=O)[O-])cc1Nc1ccc(Br)cc1Br. The summed E-state index contributed by atoms with van der Waals surface area (Å²) in [5, 5.41) is 22.9. The van der Waals surface area contributed by atoms with Crippen molar-refractivity contribution in [3.8, 4) is 0 Å². The van der Waals surface area contributed by atoms with Crippen molar-refractivity contribution in [1.29, 1.82) is 0 Å². The number of rotatable bonds is 4. The molecule has 21 heavy (non-hydrogen) atoms. The lowest BCUT2D eigenvalue weighted by Gasteiger charge is -2.11. The van der Waals surface area contributed by atoms with Gasteiger partial charge >= 0.3 is 5.97 Å². The van der Waals surface area contributed by atoms with E-state index in [2.05, 4.69) is 37.2 Å². The third-order valence-electron chi connectivity index (χ3n) is 2.64. The van der Waals surface area contributed by atoms with E-state index in [1.807, 2.05) is 0 Å². The first kappa shape index (κ1) is 15.5. The van der Waals surface area contributed by atoms with E-state index in [0.29, 0.717) is 10.2 Å². The second-order valence-corrected chi connectivity index (χ2v) is 5.81. The number of nitro benzene ring substituents is 1. The van der Waals surface area contributed by atoms with Crippen LogP contribution >= 0.6 is 31.9 Å². The Morgan fingerprint density at radius 3 is 2.43 bits per heavy atom. The Morgan fingerprint density at radius 2 is 1.86 bits per heavy atom. The number of nitrogens with zero attached hydrogens (tertiary/aromatic N) is 1. The van der Waals surface area contributed by atoms with Gasteiger partial charge in [0, 0.05) is 21.1 Å². The monoisotopic (exact) mass is 414 g/mol. The molecule has 0 amide bonds.